The van der Waals surface area contributed by atoms with Crippen molar-refractivity contribution in [3.63, 3.8) is 0 Å². The van der Waals surface area contributed by atoms with Gasteiger partial charge in [0.2, 0.25) is 0 Å². The number of rotatable bonds is 10. The number of piperazine rings is 1. The molecular weight excluding hydrogens is 455 g/mol. The number of carbonyl (C=O) groups excluding carboxylic acids is 1. The Hall–Kier alpha value is -2.37. The first-order chi connectivity index (χ1) is 16.8. The first-order valence-electron chi connectivity index (χ1n) is 12.6. The van der Waals surface area contributed by atoms with Gasteiger partial charge in [-0.15, -0.1) is 0 Å². The van der Waals surface area contributed by atoms with Gasteiger partial charge < -0.3 is 9.64 Å². The molecule has 1 aliphatic heterocycles. The Bertz CT molecular complexity index is 894. The number of nitriles is 1. The highest BCUT2D eigenvalue weighted by atomic mass is 19.4. The van der Waals surface area contributed by atoms with E-state index in [1.165, 1.54) is 12.8 Å². The molecule has 0 atom stereocenters. The molecule has 1 heterocycles. The molecule has 2 aliphatic rings. The summed E-state index contributed by atoms with van der Waals surface area (Å²) in [4.78, 5) is 16.0. The molecule has 0 spiro atoms. The first kappa shape index (κ1) is 27.2. The summed E-state index contributed by atoms with van der Waals surface area (Å²) in [7, 11) is 0. The summed E-state index contributed by atoms with van der Waals surface area (Å²) in [5, 5.41) is 9.13. The Balaban J connectivity index is 1.37. The van der Waals surface area contributed by atoms with Crippen molar-refractivity contribution in [2.75, 3.05) is 50.8 Å². The minimum atomic E-state index is -4.46. The summed E-state index contributed by atoms with van der Waals surface area (Å²) in [6.07, 6.45) is 6.04. The van der Waals surface area contributed by atoms with Crippen LogP contribution in [0.2, 0.25) is 0 Å². The summed E-state index contributed by atoms with van der Waals surface area (Å²) in [6, 6.07) is 5.46. The van der Waals surface area contributed by atoms with Gasteiger partial charge in [-0.1, -0.05) is 12.2 Å². The number of carbonyl (C=O) groups is 1. The number of hydrogen-bond donors (Lipinski definition) is 0. The lowest BCUT2D eigenvalue weighted by atomic mass is 9.80. The van der Waals surface area contributed by atoms with Crippen molar-refractivity contribution < 1.29 is 22.7 Å². The second kappa shape index (κ2) is 13.1. The quantitative estimate of drug-likeness (QED) is 0.408. The number of ketones is 1. The second-order valence-corrected chi connectivity index (χ2v) is 9.58. The molecule has 0 radical (unpaired) electrons. The molecule has 0 unspecified atom stereocenters. The zero-order chi connectivity index (χ0) is 25.3. The molecule has 1 saturated heterocycles. The zero-order valence-electron chi connectivity index (χ0n) is 20.5. The number of Topliss-reactive ketones (excluding diaryl/α,β-unsaturated/α-hetero) is 1. The summed E-state index contributed by atoms with van der Waals surface area (Å²) in [5.74, 6) is 1.38. The van der Waals surface area contributed by atoms with E-state index < -0.39 is 11.7 Å². The molecule has 0 bridgehead atoms. The Morgan fingerprint density at radius 3 is 2.49 bits per heavy atom. The molecule has 3 rings (SSSR count). The van der Waals surface area contributed by atoms with Crippen LogP contribution in [-0.4, -0.2) is 56.6 Å². The van der Waals surface area contributed by atoms with Crippen LogP contribution in [0.15, 0.2) is 30.4 Å². The van der Waals surface area contributed by atoms with Crippen molar-refractivity contribution in [3.8, 4) is 6.07 Å². The summed E-state index contributed by atoms with van der Waals surface area (Å²) < 4.78 is 44.7. The number of hydrogen-bond acceptors (Lipinski definition) is 5. The van der Waals surface area contributed by atoms with Gasteiger partial charge >= 0.3 is 6.18 Å². The Morgan fingerprint density at radius 1 is 1.14 bits per heavy atom. The maximum absolute atomic E-state index is 13.2. The second-order valence-electron chi connectivity index (χ2n) is 9.58. The van der Waals surface area contributed by atoms with Gasteiger partial charge in [0.15, 0.2) is 5.78 Å². The van der Waals surface area contributed by atoms with E-state index in [1.54, 1.807) is 6.07 Å². The van der Waals surface area contributed by atoms with E-state index in [4.69, 9.17) is 10.00 Å². The number of ether oxygens (including phenoxy) is 1. The van der Waals surface area contributed by atoms with E-state index in [9.17, 15) is 18.0 Å². The van der Waals surface area contributed by atoms with Gasteiger partial charge in [0.05, 0.1) is 17.2 Å². The standard InChI is InChI=1S/C27H36F3N3O2/c1-2-35-20-26(34)5-3-4-21-6-8-22(9-7-21)10-11-32-12-14-33(15-13-32)25-17-23(19-31)16-24(18-25)27(28,29)30/h3-4,16-18,21-22H,2,5-15,20H2,1H3/b4-3+. The fourth-order valence-electron chi connectivity index (χ4n) is 4.95. The lowest BCUT2D eigenvalue weighted by Crippen LogP contribution is -2.47. The molecule has 5 nitrogen and oxygen atoms in total. The molecule has 1 aliphatic carbocycles. The van der Waals surface area contributed by atoms with E-state index in [0.29, 0.717) is 43.6 Å². The summed E-state index contributed by atoms with van der Waals surface area (Å²) in [5.41, 5.74) is -0.252. The van der Waals surface area contributed by atoms with E-state index in [1.807, 2.05) is 24.0 Å². The monoisotopic (exact) mass is 491 g/mol. The number of halogens is 3. The van der Waals surface area contributed by atoms with Crippen LogP contribution in [0.1, 0.15) is 56.6 Å². The van der Waals surface area contributed by atoms with Crippen LogP contribution in [0.25, 0.3) is 0 Å². The van der Waals surface area contributed by atoms with Gasteiger partial charge in [0, 0.05) is 44.9 Å². The van der Waals surface area contributed by atoms with Gasteiger partial charge in [0.25, 0.3) is 0 Å². The Kier molecular flexibility index (Phi) is 10.2. The SMILES string of the molecule is CCOCC(=O)C/C=C/C1CCC(CCN2CCN(c3cc(C#N)cc(C(F)(F)F)c3)CC2)CC1. The highest BCUT2D eigenvalue weighted by molar-refractivity contribution is 5.81. The summed E-state index contributed by atoms with van der Waals surface area (Å²) >= 11 is 0. The first-order valence-corrected chi connectivity index (χ1v) is 12.6. The highest BCUT2D eigenvalue weighted by Gasteiger charge is 2.32. The molecule has 8 heteroatoms. The van der Waals surface area contributed by atoms with Gasteiger partial charge in [0.1, 0.15) is 6.61 Å². The van der Waals surface area contributed by atoms with Crippen LogP contribution >= 0.6 is 0 Å². The number of alkyl halides is 3. The Labute approximate surface area is 206 Å². The van der Waals surface area contributed by atoms with E-state index in [-0.39, 0.29) is 18.0 Å². The molecule has 192 valence electrons. The van der Waals surface area contributed by atoms with Crippen molar-refractivity contribution in [1.29, 1.82) is 5.26 Å². The van der Waals surface area contributed by atoms with Crippen LogP contribution in [-0.2, 0) is 15.7 Å². The smallest absolute Gasteiger partial charge is 0.374 e. The molecule has 1 aromatic rings. The van der Waals surface area contributed by atoms with Crippen LogP contribution in [0.5, 0.6) is 0 Å². The number of benzene rings is 1. The van der Waals surface area contributed by atoms with Crippen molar-refractivity contribution in [3.05, 3.63) is 41.5 Å². The highest BCUT2D eigenvalue weighted by Crippen LogP contribution is 2.34. The number of nitrogens with zero attached hydrogens (tertiary/aromatic N) is 3. The molecule has 0 N–H and O–H groups in total. The maximum atomic E-state index is 13.2. The normalized spacial score (nSPS) is 21.9. The van der Waals surface area contributed by atoms with E-state index in [0.717, 1.165) is 51.0 Å². The maximum Gasteiger partial charge on any atom is 0.416 e. The molecule has 0 amide bonds. The molecule has 35 heavy (non-hydrogen) atoms. The van der Waals surface area contributed by atoms with Gasteiger partial charge in [-0.25, -0.2) is 0 Å². The van der Waals surface area contributed by atoms with E-state index >= 15 is 0 Å². The average molecular weight is 492 g/mol. The third-order valence-corrected chi connectivity index (χ3v) is 7.08. The van der Waals surface area contributed by atoms with Crippen molar-refractivity contribution in [2.45, 2.75) is 51.6 Å². The van der Waals surface area contributed by atoms with Crippen LogP contribution in [0.3, 0.4) is 0 Å². The minimum absolute atomic E-state index is 0.0415. The molecular formula is C27H36F3N3O2. The van der Waals surface area contributed by atoms with Crippen LogP contribution in [0, 0.1) is 23.2 Å². The number of anilines is 1. The van der Waals surface area contributed by atoms with E-state index in [2.05, 4.69) is 11.0 Å². The minimum Gasteiger partial charge on any atom is -0.374 e. The molecule has 0 aromatic heterocycles. The lowest BCUT2D eigenvalue weighted by molar-refractivity contribution is -0.137. The largest absolute Gasteiger partial charge is 0.416 e. The van der Waals surface area contributed by atoms with Crippen molar-refractivity contribution in [1.82, 2.24) is 4.90 Å². The third-order valence-electron chi connectivity index (χ3n) is 7.08. The third kappa shape index (κ3) is 8.66. The predicted octanol–water partition coefficient (Wildman–Crippen LogP) is 5.45. The van der Waals surface area contributed by atoms with Gasteiger partial charge in [-0.3, -0.25) is 9.69 Å². The van der Waals surface area contributed by atoms with Gasteiger partial charge in [-0.05, 0) is 75.6 Å². The van der Waals surface area contributed by atoms with Crippen LogP contribution < -0.4 is 4.90 Å². The topological polar surface area (TPSA) is 56.6 Å². The Morgan fingerprint density at radius 2 is 1.86 bits per heavy atom. The lowest BCUT2D eigenvalue weighted by Gasteiger charge is -2.37. The summed E-state index contributed by atoms with van der Waals surface area (Å²) in [6.45, 7) is 6.59. The fraction of sp³-hybridized carbons (Fsp3) is 0.630. The fourth-order valence-corrected chi connectivity index (χ4v) is 4.95. The molecule has 1 saturated carbocycles. The van der Waals surface area contributed by atoms with Gasteiger partial charge in [-0.2, -0.15) is 18.4 Å². The number of allylic oxidation sites excluding steroid dienone is 2. The molecule has 2 fully saturated rings. The predicted molar refractivity (Wildman–Crippen MR) is 130 cm³/mol. The molecule has 1 aromatic carbocycles. The van der Waals surface area contributed by atoms with Crippen LogP contribution in [0.4, 0.5) is 18.9 Å². The zero-order valence-corrected chi connectivity index (χ0v) is 20.5. The van der Waals surface area contributed by atoms with Crippen molar-refractivity contribution >= 4 is 11.5 Å². The van der Waals surface area contributed by atoms with Crippen molar-refractivity contribution in [2.24, 2.45) is 11.8 Å². The average Bonchev–Trinajstić information content (AvgIpc) is 2.86.